The third-order valence-corrected chi connectivity index (χ3v) is 2.77. The van der Waals surface area contributed by atoms with Crippen molar-refractivity contribution in [1.82, 2.24) is 4.90 Å². The molecule has 0 radical (unpaired) electrons. The van der Waals surface area contributed by atoms with Crippen molar-refractivity contribution in [2.75, 3.05) is 20.1 Å². The fourth-order valence-corrected chi connectivity index (χ4v) is 1.75. The van der Waals surface area contributed by atoms with Crippen LogP contribution in [-0.4, -0.2) is 30.8 Å². The molecule has 12 heavy (non-hydrogen) atoms. The molecule has 1 fully saturated rings. The number of Topliss-reactive ketones (excluding diaryl/α,β-unsaturated/α-hetero) is 1. The molecule has 2 nitrogen and oxygen atoms in total. The van der Waals surface area contributed by atoms with Crippen molar-refractivity contribution in [2.45, 2.75) is 32.6 Å². The van der Waals surface area contributed by atoms with Crippen LogP contribution in [0.5, 0.6) is 0 Å². The number of nitrogens with zero attached hydrogens (tertiary/aromatic N) is 1. The second-order valence-electron chi connectivity index (χ2n) is 3.84. The molecular formula is C10H19NO. The SMILES string of the molecule is CCN(C)CC1CCC(=O)CC1. The van der Waals surface area contributed by atoms with Gasteiger partial charge in [0.15, 0.2) is 0 Å². The van der Waals surface area contributed by atoms with Crippen molar-refractivity contribution in [2.24, 2.45) is 5.92 Å². The monoisotopic (exact) mass is 169 g/mol. The van der Waals surface area contributed by atoms with E-state index in [4.69, 9.17) is 0 Å². The molecule has 0 saturated heterocycles. The Morgan fingerprint density at radius 2 is 2.00 bits per heavy atom. The quantitative estimate of drug-likeness (QED) is 0.641. The van der Waals surface area contributed by atoms with E-state index < -0.39 is 0 Å². The summed E-state index contributed by atoms with van der Waals surface area (Å²) in [6.45, 7) is 4.46. The minimum atomic E-state index is 0.463. The first-order chi connectivity index (χ1) is 5.72. The highest BCUT2D eigenvalue weighted by atomic mass is 16.1. The van der Waals surface area contributed by atoms with Crippen LogP contribution in [0, 0.1) is 5.92 Å². The van der Waals surface area contributed by atoms with Gasteiger partial charge in [0.2, 0.25) is 0 Å². The molecule has 0 aromatic rings. The van der Waals surface area contributed by atoms with Crippen molar-refractivity contribution in [3.05, 3.63) is 0 Å². The first kappa shape index (κ1) is 9.72. The fourth-order valence-electron chi connectivity index (χ4n) is 1.75. The lowest BCUT2D eigenvalue weighted by Gasteiger charge is -2.25. The smallest absolute Gasteiger partial charge is 0.132 e. The van der Waals surface area contributed by atoms with E-state index in [0.717, 1.165) is 38.1 Å². The van der Waals surface area contributed by atoms with E-state index in [2.05, 4.69) is 18.9 Å². The Labute approximate surface area is 74.9 Å². The summed E-state index contributed by atoms with van der Waals surface area (Å²) in [5.41, 5.74) is 0. The molecule has 70 valence electrons. The molecular weight excluding hydrogens is 150 g/mol. The van der Waals surface area contributed by atoms with E-state index in [0.29, 0.717) is 5.78 Å². The van der Waals surface area contributed by atoms with Gasteiger partial charge >= 0.3 is 0 Å². The first-order valence-corrected chi connectivity index (χ1v) is 4.92. The Kier molecular flexibility index (Phi) is 3.73. The number of hydrogen-bond donors (Lipinski definition) is 0. The Balaban J connectivity index is 2.21. The molecule has 0 bridgehead atoms. The summed E-state index contributed by atoms with van der Waals surface area (Å²) in [5, 5.41) is 0. The fraction of sp³-hybridized carbons (Fsp3) is 0.900. The second kappa shape index (κ2) is 4.61. The largest absolute Gasteiger partial charge is 0.306 e. The lowest BCUT2D eigenvalue weighted by Crippen LogP contribution is -2.28. The zero-order valence-electron chi connectivity index (χ0n) is 8.18. The highest BCUT2D eigenvalue weighted by Gasteiger charge is 2.19. The third kappa shape index (κ3) is 2.94. The third-order valence-electron chi connectivity index (χ3n) is 2.77. The summed E-state index contributed by atoms with van der Waals surface area (Å²) in [4.78, 5) is 13.3. The normalized spacial score (nSPS) is 20.4. The molecule has 0 aliphatic heterocycles. The van der Waals surface area contributed by atoms with Gasteiger partial charge in [-0.3, -0.25) is 4.79 Å². The molecule has 0 atom stereocenters. The highest BCUT2D eigenvalue weighted by molar-refractivity contribution is 5.79. The molecule has 0 heterocycles. The van der Waals surface area contributed by atoms with Gasteiger partial charge in [0, 0.05) is 19.4 Å². The van der Waals surface area contributed by atoms with Crippen molar-refractivity contribution >= 4 is 5.78 Å². The average Bonchev–Trinajstić information content (AvgIpc) is 2.09. The Bertz CT molecular complexity index is 146. The summed E-state index contributed by atoms with van der Waals surface area (Å²) in [5.74, 6) is 1.23. The average molecular weight is 169 g/mol. The van der Waals surface area contributed by atoms with Crippen LogP contribution in [0.2, 0.25) is 0 Å². The lowest BCUT2D eigenvalue weighted by atomic mass is 9.88. The molecule has 1 saturated carbocycles. The Morgan fingerprint density at radius 3 is 2.50 bits per heavy atom. The summed E-state index contributed by atoms with van der Waals surface area (Å²) in [6, 6.07) is 0. The van der Waals surface area contributed by atoms with E-state index >= 15 is 0 Å². The number of hydrogen-bond acceptors (Lipinski definition) is 2. The van der Waals surface area contributed by atoms with E-state index in [1.165, 1.54) is 6.54 Å². The van der Waals surface area contributed by atoms with Gasteiger partial charge in [-0.15, -0.1) is 0 Å². The Hall–Kier alpha value is -0.370. The van der Waals surface area contributed by atoms with Crippen LogP contribution in [0.1, 0.15) is 32.6 Å². The van der Waals surface area contributed by atoms with E-state index in [9.17, 15) is 4.79 Å². The van der Waals surface area contributed by atoms with E-state index in [1.54, 1.807) is 0 Å². The predicted octanol–water partition coefficient (Wildman–Crippen LogP) is 1.70. The zero-order chi connectivity index (χ0) is 8.97. The van der Waals surface area contributed by atoms with Crippen molar-refractivity contribution < 1.29 is 4.79 Å². The zero-order valence-corrected chi connectivity index (χ0v) is 8.18. The minimum Gasteiger partial charge on any atom is -0.306 e. The van der Waals surface area contributed by atoms with Crippen LogP contribution in [0.15, 0.2) is 0 Å². The number of carbonyl (C=O) groups is 1. The standard InChI is InChI=1S/C10H19NO/c1-3-11(2)8-9-4-6-10(12)7-5-9/h9H,3-8H2,1-2H3. The molecule has 0 spiro atoms. The van der Waals surface area contributed by atoms with Crippen LogP contribution in [0.4, 0.5) is 0 Å². The maximum atomic E-state index is 11.0. The molecule has 0 unspecified atom stereocenters. The number of carbonyl (C=O) groups excluding carboxylic acids is 1. The van der Waals surface area contributed by atoms with Gasteiger partial charge in [-0.05, 0) is 32.4 Å². The number of ketones is 1. The summed E-state index contributed by atoms with van der Waals surface area (Å²) in [6.07, 6.45) is 3.87. The van der Waals surface area contributed by atoms with Gasteiger partial charge in [-0.2, -0.15) is 0 Å². The van der Waals surface area contributed by atoms with Crippen LogP contribution in [-0.2, 0) is 4.79 Å². The second-order valence-corrected chi connectivity index (χ2v) is 3.84. The van der Waals surface area contributed by atoms with Crippen LogP contribution >= 0.6 is 0 Å². The van der Waals surface area contributed by atoms with Crippen LogP contribution in [0.3, 0.4) is 0 Å². The van der Waals surface area contributed by atoms with Gasteiger partial charge in [0.1, 0.15) is 5.78 Å². The molecule has 0 aromatic carbocycles. The van der Waals surface area contributed by atoms with E-state index in [1.807, 2.05) is 0 Å². The molecule has 2 heteroatoms. The van der Waals surface area contributed by atoms with Crippen molar-refractivity contribution in [1.29, 1.82) is 0 Å². The lowest BCUT2D eigenvalue weighted by molar-refractivity contribution is -0.121. The summed E-state index contributed by atoms with van der Waals surface area (Å²) >= 11 is 0. The maximum Gasteiger partial charge on any atom is 0.132 e. The predicted molar refractivity (Wildman–Crippen MR) is 50.1 cm³/mol. The maximum absolute atomic E-state index is 11.0. The molecule has 1 rings (SSSR count). The highest BCUT2D eigenvalue weighted by Crippen LogP contribution is 2.21. The van der Waals surface area contributed by atoms with Gasteiger partial charge in [0.25, 0.3) is 0 Å². The van der Waals surface area contributed by atoms with Gasteiger partial charge in [-0.1, -0.05) is 6.92 Å². The minimum absolute atomic E-state index is 0.463. The summed E-state index contributed by atoms with van der Waals surface area (Å²) < 4.78 is 0. The van der Waals surface area contributed by atoms with Gasteiger partial charge < -0.3 is 4.90 Å². The van der Waals surface area contributed by atoms with Crippen LogP contribution in [0.25, 0.3) is 0 Å². The van der Waals surface area contributed by atoms with Crippen molar-refractivity contribution in [3.8, 4) is 0 Å². The van der Waals surface area contributed by atoms with Gasteiger partial charge in [0.05, 0.1) is 0 Å². The molecule has 1 aliphatic carbocycles. The summed E-state index contributed by atoms with van der Waals surface area (Å²) in [7, 11) is 2.15. The molecule has 0 amide bonds. The Morgan fingerprint density at radius 1 is 1.42 bits per heavy atom. The van der Waals surface area contributed by atoms with Gasteiger partial charge in [-0.25, -0.2) is 0 Å². The van der Waals surface area contributed by atoms with Crippen molar-refractivity contribution in [3.63, 3.8) is 0 Å². The topological polar surface area (TPSA) is 20.3 Å². The molecule has 0 aromatic heterocycles. The van der Waals surface area contributed by atoms with E-state index in [-0.39, 0.29) is 0 Å². The first-order valence-electron chi connectivity index (χ1n) is 4.92. The molecule has 1 aliphatic rings. The molecule has 0 N–H and O–H groups in total. The van der Waals surface area contributed by atoms with Crippen LogP contribution < -0.4 is 0 Å². The number of rotatable bonds is 3.